The number of amides is 1. The number of carbonyl (C=O) groups excluding carboxylic acids is 1. The zero-order valence-corrected chi connectivity index (χ0v) is 16.0. The van der Waals surface area contributed by atoms with E-state index in [4.69, 9.17) is 9.15 Å². The molecule has 0 fully saturated rings. The second kappa shape index (κ2) is 8.04. The fourth-order valence-electron chi connectivity index (χ4n) is 3.16. The Morgan fingerprint density at radius 3 is 2.73 bits per heavy atom. The summed E-state index contributed by atoms with van der Waals surface area (Å²) in [5.41, 5.74) is 3.54. The maximum Gasteiger partial charge on any atom is 0.307 e. The zero-order chi connectivity index (χ0) is 21.1. The quantitative estimate of drug-likeness (QED) is 0.286. The third-order valence-electron chi connectivity index (χ3n) is 4.52. The largest absolute Gasteiger partial charge is 0.493 e. The first-order chi connectivity index (χ1) is 14.6. The lowest BCUT2D eigenvalue weighted by molar-refractivity contribution is -0.384. The standard InChI is InChI=1S/C22H17N3O5/c1-2-29-20-9-7-14(17-5-3-4-6-18(17)20)13-23-24-22(26)21-12-15-11-16(25(27)28)8-10-19(15)30-21/h3-13H,2H2,1H3,(H,24,26). The Balaban J connectivity index is 1.55. The van der Waals surface area contributed by atoms with Crippen molar-refractivity contribution >= 4 is 39.6 Å². The van der Waals surface area contributed by atoms with Gasteiger partial charge in [-0.1, -0.05) is 24.3 Å². The van der Waals surface area contributed by atoms with Gasteiger partial charge in [0.25, 0.3) is 5.69 Å². The number of furan rings is 1. The van der Waals surface area contributed by atoms with Gasteiger partial charge < -0.3 is 9.15 Å². The lowest BCUT2D eigenvalue weighted by Gasteiger charge is -2.09. The highest BCUT2D eigenvalue weighted by Gasteiger charge is 2.14. The van der Waals surface area contributed by atoms with Crippen LogP contribution in [0.2, 0.25) is 0 Å². The lowest BCUT2D eigenvalue weighted by atomic mass is 10.0. The number of hydrazone groups is 1. The number of carbonyl (C=O) groups is 1. The van der Waals surface area contributed by atoms with Crippen LogP contribution in [0.15, 0.2) is 70.2 Å². The monoisotopic (exact) mass is 403 g/mol. The molecule has 0 aliphatic heterocycles. The van der Waals surface area contributed by atoms with E-state index in [2.05, 4.69) is 10.5 Å². The maximum atomic E-state index is 12.4. The lowest BCUT2D eigenvalue weighted by Crippen LogP contribution is -2.16. The molecule has 1 heterocycles. The summed E-state index contributed by atoms with van der Waals surface area (Å²) in [6.07, 6.45) is 1.55. The van der Waals surface area contributed by atoms with Crippen molar-refractivity contribution < 1.29 is 18.9 Å². The molecule has 0 spiro atoms. The maximum absolute atomic E-state index is 12.4. The third-order valence-corrected chi connectivity index (χ3v) is 4.52. The molecule has 0 aliphatic rings. The summed E-state index contributed by atoms with van der Waals surface area (Å²) in [6, 6.07) is 17.1. The van der Waals surface area contributed by atoms with Gasteiger partial charge in [0.15, 0.2) is 5.76 Å². The van der Waals surface area contributed by atoms with Gasteiger partial charge in [-0.25, -0.2) is 5.43 Å². The van der Waals surface area contributed by atoms with Crippen LogP contribution in [-0.2, 0) is 0 Å². The van der Waals surface area contributed by atoms with Crippen LogP contribution < -0.4 is 10.2 Å². The molecule has 4 rings (SSSR count). The molecule has 1 N–H and O–H groups in total. The minimum atomic E-state index is -0.555. The van der Waals surface area contributed by atoms with Crippen molar-refractivity contribution in [3.63, 3.8) is 0 Å². The van der Waals surface area contributed by atoms with E-state index in [9.17, 15) is 14.9 Å². The van der Waals surface area contributed by atoms with Crippen molar-refractivity contribution in [2.75, 3.05) is 6.61 Å². The number of nitro benzene ring substituents is 1. The highest BCUT2D eigenvalue weighted by molar-refractivity contribution is 6.03. The molecule has 0 unspecified atom stereocenters. The van der Waals surface area contributed by atoms with Gasteiger partial charge in [0.1, 0.15) is 11.3 Å². The molecule has 8 nitrogen and oxygen atoms in total. The van der Waals surface area contributed by atoms with E-state index in [0.717, 1.165) is 22.1 Å². The van der Waals surface area contributed by atoms with Crippen LogP contribution in [0.5, 0.6) is 5.75 Å². The molecule has 0 aliphatic carbocycles. The van der Waals surface area contributed by atoms with Gasteiger partial charge in [-0.2, -0.15) is 5.10 Å². The zero-order valence-electron chi connectivity index (χ0n) is 16.0. The molecule has 0 bridgehead atoms. The van der Waals surface area contributed by atoms with Crippen LogP contribution >= 0.6 is 0 Å². The Bertz CT molecular complexity index is 1290. The first-order valence-corrected chi connectivity index (χ1v) is 9.22. The van der Waals surface area contributed by atoms with Crippen molar-refractivity contribution in [2.24, 2.45) is 5.10 Å². The second-order valence-electron chi connectivity index (χ2n) is 6.42. The summed E-state index contributed by atoms with van der Waals surface area (Å²) < 4.78 is 11.1. The van der Waals surface area contributed by atoms with Crippen LogP contribution in [0, 0.1) is 10.1 Å². The molecule has 30 heavy (non-hydrogen) atoms. The Kier molecular flexibility index (Phi) is 5.13. The highest BCUT2D eigenvalue weighted by Crippen LogP contribution is 2.28. The smallest absolute Gasteiger partial charge is 0.307 e. The van der Waals surface area contributed by atoms with E-state index < -0.39 is 10.8 Å². The van der Waals surface area contributed by atoms with Gasteiger partial charge in [0.05, 0.1) is 17.7 Å². The van der Waals surface area contributed by atoms with Crippen molar-refractivity contribution in [1.29, 1.82) is 0 Å². The van der Waals surface area contributed by atoms with Crippen molar-refractivity contribution in [3.05, 3.63) is 82.1 Å². The third kappa shape index (κ3) is 3.70. The molecule has 4 aromatic rings. The number of hydrogen-bond donors (Lipinski definition) is 1. The van der Waals surface area contributed by atoms with E-state index in [1.165, 1.54) is 24.3 Å². The number of benzene rings is 3. The Morgan fingerprint density at radius 1 is 1.17 bits per heavy atom. The van der Waals surface area contributed by atoms with Crippen molar-refractivity contribution in [1.82, 2.24) is 5.43 Å². The minimum absolute atomic E-state index is 0.0131. The number of non-ortho nitro benzene ring substituents is 1. The molecular formula is C22H17N3O5. The number of ether oxygens (including phenoxy) is 1. The van der Waals surface area contributed by atoms with E-state index in [1.54, 1.807) is 6.21 Å². The van der Waals surface area contributed by atoms with Crippen LogP contribution in [0.1, 0.15) is 23.0 Å². The number of nitrogens with zero attached hydrogens (tertiary/aromatic N) is 2. The summed E-state index contributed by atoms with van der Waals surface area (Å²) in [7, 11) is 0. The number of nitrogens with one attached hydrogen (secondary N) is 1. The molecule has 150 valence electrons. The topological polar surface area (TPSA) is 107 Å². The Labute approximate surface area is 170 Å². The van der Waals surface area contributed by atoms with Gasteiger partial charge >= 0.3 is 5.91 Å². The first-order valence-electron chi connectivity index (χ1n) is 9.22. The van der Waals surface area contributed by atoms with E-state index in [1.807, 2.05) is 43.3 Å². The molecule has 0 atom stereocenters. The Hall–Kier alpha value is -4.20. The number of fused-ring (bicyclic) bond motifs is 2. The van der Waals surface area contributed by atoms with Gasteiger partial charge in [0, 0.05) is 28.5 Å². The fraction of sp³-hybridized carbons (Fsp3) is 0.0909. The number of nitro groups is 1. The van der Waals surface area contributed by atoms with E-state index >= 15 is 0 Å². The molecule has 0 saturated carbocycles. The first kappa shape index (κ1) is 19.1. The molecule has 1 aromatic heterocycles. The molecule has 3 aromatic carbocycles. The second-order valence-corrected chi connectivity index (χ2v) is 6.42. The predicted octanol–water partition coefficient (Wildman–Crippen LogP) is 4.66. The van der Waals surface area contributed by atoms with Crippen LogP contribution in [-0.4, -0.2) is 23.7 Å². The fourth-order valence-corrected chi connectivity index (χ4v) is 3.16. The highest BCUT2D eigenvalue weighted by atomic mass is 16.6. The van der Waals surface area contributed by atoms with Gasteiger partial charge in [-0.15, -0.1) is 0 Å². The van der Waals surface area contributed by atoms with Crippen molar-refractivity contribution in [3.8, 4) is 5.75 Å². The van der Waals surface area contributed by atoms with Gasteiger partial charge in [0.2, 0.25) is 0 Å². The van der Waals surface area contributed by atoms with Crippen LogP contribution in [0.25, 0.3) is 21.7 Å². The molecule has 1 amide bonds. The molecule has 0 radical (unpaired) electrons. The summed E-state index contributed by atoms with van der Waals surface area (Å²) in [5.74, 6) is 0.241. The van der Waals surface area contributed by atoms with Crippen molar-refractivity contribution in [2.45, 2.75) is 6.92 Å². The summed E-state index contributed by atoms with van der Waals surface area (Å²) in [4.78, 5) is 22.7. The minimum Gasteiger partial charge on any atom is -0.493 e. The average Bonchev–Trinajstić information content (AvgIpc) is 3.19. The normalized spacial score (nSPS) is 11.2. The van der Waals surface area contributed by atoms with Gasteiger partial charge in [-0.05, 0) is 36.6 Å². The SMILES string of the molecule is CCOc1ccc(C=NNC(=O)c2cc3cc([N+](=O)[O-])ccc3o2)c2ccccc12. The summed E-state index contributed by atoms with van der Waals surface area (Å²) >= 11 is 0. The predicted molar refractivity (Wildman–Crippen MR) is 113 cm³/mol. The number of rotatable bonds is 6. The van der Waals surface area contributed by atoms with Crippen LogP contribution in [0.3, 0.4) is 0 Å². The average molecular weight is 403 g/mol. The molecular weight excluding hydrogens is 386 g/mol. The van der Waals surface area contributed by atoms with E-state index in [0.29, 0.717) is 17.6 Å². The van der Waals surface area contributed by atoms with E-state index in [-0.39, 0.29) is 11.4 Å². The Morgan fingerprint density at radius 2 is 1.97 bits per heavy atom. The molecule has 0 saturated heterocycles. The summed E-state index contributed by atoms with van der Waals surface area (Å²) in [5, 5.41) is 17.3. The molecule has 8 heteroatoms. The van der Waals surface area contributed by atoms with Crippen LogP contribution in [0.4, 0.5) is 5.69 Å². The van der Waals surface area contributed by atoms with Gasteiger partial charge in [-0.3, -0.25) is 14.9 Å². The number of hydrogen-bond acceptors (Lipinski definition) is 6. The summed E-state index contributed by atoms with van der Waals surface area (Å²) in [6.45, 7) is 2.49.